The Balaban J connectivity index is -0.0000000600. The molecule has 0 saturated heterocycles. The number of hydrogen-bond acceptors (Lipinski definition) is 0. The van der Waals surface area contributed by atoms with Crippen molar-refractivity contribution in [2.45, 2.75) is 33.6 Å². The molecule has 60 valence electrons. The van der Waals surface area contributed by atoms with Crippen molar-refractivity contribution >= 4 is 0 Å². The zero-order valence-corrected chi connectivity index (χ0v) is 9.53. The smallest absolute Gasteiger partial charge is 0.358 e. The second kappa shape index (κ2) is 16.6. The van der Waals surface area contributed by atoms with Crippen LogP contribution in [-0.4, -0.2) is 0 Å². The van der Waals surface area contributed by atoms with E-state index in [-0.39, 0.29) is 47.6 Å². The Morgan fingerprint density at radius 2 is 1.80 bits per heavy atom. The molecule has 1 unspecified atom stereocenters. The van der Waals surface area contributed by atoms with Gasteiger partial charge >= 0.3 is 32.7 Å². The molecular weight excluding hydrogens is 197 g/mol. The summed E-state index contributed by atoms with van der Waals surface area (Å²) in [5.41, 5.74) is 0. The summed E-state index contributed by atoms with van der Waals surface area (Å²) in [7, 11) is 0. The average Bonchev–Trinajstić information content (AvgIpc) is 1.68. The van der Waals surface area contributed by atoms with Gasteiger partial charge in [0.15, 0.2) is 0 Å². The van der Waals surface area contributed by atoms with E-state index in [2.05, 4.69) is 20.8 Å². The van der Waals surface area contributed by atoms with Gasteiger partial charge in [0.05, 0.1) is 0 Å². The van der Waals surface area contributed by atoms with Crippen molar-refractivity contribution in [1.29, 1.82) is 0 Å². The Hall–Kier alpha value is 1.10. The molecule has 1 atom stereocenters. The van der Waals surface area contributed by atoms with E-state index in [0.29, 0.717) is 5.92 Å². The van der Waals surface area contributed by atoms with Crippen molar-refractivity contribution in [3.63, 3.8) is 0 Å². The molecule has 10 heavy (non-hydrogen) atoms. The van der Waals surface area contributed by atoms with Gasteiger partial charge in [-0.15, -0.1) is 6.42 Å². The van der Waals surface area contributed by atoms with Crippen LogP contribution in [0.25, 0.3) is 0 Å². The van der Waals surface area contributed by atoms with E-state index in [0.717, 1.165) is 6.42 Å². The van der Waals surface area contributed by atoms with Crippen LogP contribution in [0.2, 0.25) is 0 Å². The van der Waals surface area contributed by atoms with Crippen LogP contribution in [0, 0.1) is 27.2 Å². The van der Waals surface area contributed by atoms with Gasteiger partial charge in [-0.3, -0.25) is 0 Å². The van der Waals surface area contributed by atoms with Crippen LogP contribution in [-0.2, 0) is 32.7 Å². The molecule has 0 rings (SSSR count). The topological polar surface area (TPSA) is 0 Å². The van der Waals surface area contributed by atoms with Gasteiger partial charge in [0, 0.05) is 0 Å². The molecule has 0 aliphatic rings. The van der Waals surface area contributed by atoms with Crippen molar-refractivity contribution in [3.8, 4) is 0 Å². The molecule has 0 heterocycles. The fourth-order valence-corrected chi connectivity index (χ4v) is 0.493. The molecule has 0 aliphatic carbocycles. The van der Waals surface area contributed by atoms with Crippen LogP contribution in [0.15, 0.2) is 0 Å². The fraction of sp³-hybridized carbons (Fsp3) is 0.667. The summed E-state index contributed by atoms with van der Waals surface area (Å²) in [6.07, 6.45) is 3.40. The first-order chi connectivity index (χ1) is 3.31. The molecule has 0 aromatic heterocycles. The van der Waals surface area contributed by atoms with Crippen LogP contribution in [0.3, 0.4) is 0 Å². The molecular formula is C9H21Y. The van der Waals surface area contributed by atoms with Gasteiger partial charge in [0.1, 0.15) is 0 Å². The first-order valence-electron chi connectivity index (χ1n) is 2.93. The fourth-order valence-electron chi connectivity index (χ4n) is 0.493. The summed E-state index contributed by atoms with van der Waals surface area (Å²) in [5.74, 6) is 0.637. The molecule has 0 aliphatic heterocycles. The average molecular weight is 218 g/mol. The van der Waals surface area contributed by atoms with Crippen molar-refractivity contribution in [3.05, 3.63) is 21.3 Å². The van der Waals surface area contributed by atoms with Crippen molar-refractivity contribution in [2.75, 3.05) is 0 Å². The van der Waals surface area contributed by atoms with Crippen molar-refractivity contribution in [1.82, 2.24) is 0 Å². The molecule has 0 fully saturated rings. The largest absolute Gasteiger partial charge is 3.00 e. The zero-order chi connectivity index (χ0) is 5.70. The van der Waals surface area contributed by atoms with Crippen molar-refractivity contribution in [2.24, 2.45) is 5.92 Å². The van der Waals surface area contributed by atoms with E-state index in [4.69, 9.17) is 0 Å². The van der Waals surface area contributed by atoms with E-state index < -0.39 is 0 Å². The van der Waals surface area contributed by atoms with Crippen LogP contribution >= 0.6 is 0 Å². The van der Waals surface area contributed by atoms with E-state index in [9.17, 15) is 0 Å². The summed E-state index contributed by atoms with van der Waals surface area (Å²) in [6.45, 7) is 9.80. The third-order valence-electron chi connectivity index (χ3n) is 1.19. The van der Waals surface area contributed by atoms with Gasteiger partial charge < -0.3 is 21.3 Å². The quantitative estimate of drug-likeness (QED) is 0.635. The minimum Gasteiger partial charge on any atom is -0.358 e. The Labute approximate surface area is 93.1 Å². The summed E-state index contributed by atoms with van der Waals surface area (Å²) in [5, 5.41) is 0. The molecule has 0 spiro atoms. The summed E-state index contributed by atoms with van der Waals surface area (Å²) in [4.78, 5) is 0. The minimum atomic E-state index is 0. The maximum atomic E-state index is 3.91. The maximum Gasteiger partial charge on any atom is 3.00 e. The molecule has 0 bridgehead atoms. The van der Waals surface area contributed by atoms with Crippen molar-refractivity contribution < 1.29 is 32.7 Å². The molecule has 0 radical (unpaired) electrons. The molecule has 0 amide bonds. The monoisotopic (exact) mass is 218 g/mol. The molecule has 0 nitrogen and oxygen atoms in total. The third-order valence-corrected chi connectivity index (χ3v) is 1.19. The van der Waals surface area contributed by atoms with E-state index in [1.54, 1.807) is 0 Å². The van der Waals surface area contributed by atoms with E-state index in [1.807, 2.05) is 0 Å². The maximum absolute atomic E-state index is 3.91. The molecule has 0 saturated carbocycles. The first-order valence-corrected chi connectivity index (χ1v) is 2.93. The van der Waals surface area contributed by atoms with Gasteiger partial charge in [-0.05, 0) is 0 Å². The van der Waals surface area contributed by atoms with E-state index in [1.165, 1.54) is 12.8 Å². The van der Waals surface area contributed by atoms with Gasteiger partial charge in [0.2, 0.25) is 0 Å². The summed E-state index contributed by atoms with van der Waals surface area (Å²) in [6, 6.07) is 0. The standard InChI is InChI=1S/C7H14.CH4.CH3.Y/c1-4-6-7(3)5-2;;;/h7H,1,3-6H2,2H3;1H4;1H3;/q-2;;-1;+3. The molecule has 0 aromatic rings. The van der Waals surface area contributed by atoms with Gasteiger partial charge in [-0.2, -0.15) is 12.3 Å². The van der Waals surface area contributed by atoms with Crippen LogP contribution in [0.5, 0.6) is 0 Å². The summed E-state index contributed by atoms with van der Waals surface area (Å²) >= 11 is 0. The van der Waals surface area contributed by atoms with Crippen LogP contribution < -0.4 is 0 Å². The van der Waals surface area contributed by atoms with E-state index >= 15 is 0 Å². The Morgan fingerprint density at radius 1 is 1.40 bits per heavy atom. The number of hydrogen-bond donors (Lipinski definition) is 0. The second-order valence-electron chi connectivity index (χ2n) is 1.92. The van der Waals surface area contributed by atoms with Crippen LogP contribution in [0.4, 0.5) is 0 Å². The predicted octanol–water partition coefficient (Wildman–Crippen LogP) is 3.54. The molecule has 0 N–H and O–H groups in total. The minimum absolute atomic E-state index is 0. The Bertz CT molecular complexity index is 35.7. The first kappa shape index (κ1) is 22.5. The second-order valence-corrected chi connectivity index (χ2v) is 1.92. The third kappa shape index (κ3) is 16.0. The predicted molar refractivity (Wildman–Crippen MR) is 46.9 cm³/mol. The Morgan fingerprint density at radius 3 is 1.90 bits per heavy atom. The Kier molecular flexibility index (Phi) is 37.3. The zero-order valence-electron chi connectivity index (χ0n) is 6.69. The molecule has 1 heteroatoms. The van der Waals surface area contributed by atoms with Gasteiger partial charge in [0.25, 0.3) is 0 Å². The number of rotatable bonds is 3. The van der Waals surface area contributed by atoms with Gasteiger partial charge in [-0.1, -0.05) is 20.8 Å². The SMILES string of the molecule is C.[CH2-]CCC([CH2-])CC.[CH3-].[Y+3]. The summed E-state index contributed by atoms with van der Waals surface area (Å²) < 4.78 is 0. The van der Waals surface area contributed by atoms with Crippen LogP contribution in [0.1, 0.15) is 33.6 Å². The molecule has 0 aromatic carbocycles. The normalized spacial score (nSPS) is 9.90. The van der Waals surface area contributed by atoms with Gasteiger partial charge in [-0.25, -0.2) is 0 Å².